The number of ether oxygens (including phenoxy) is 1. The summed E-state index contributed by atoms with van der Waals surface area (Å²) >= 11 is 8.29. The first-order valence-corrected chi connectivity index (χ1v) is 8.54. The van der Waals surface area contributed by atoms with E-state index in [-0.39, 0.29) is 17.9 Å². The van der Waals surface area contributed by atoms with Crippen molar-refractivity contribution < 1.29 is 9.13 Å². The van der Waals surface area contributed by atoms with Crippen molar-refractivity contribution in [1.29, 1.82) is 0 Å². The summed E-state index contributed by atoms with van der Waals surface area (Å²) in [6, 6.07) is 8.32. The van der Waals surface area contributed by atoms with Crippen molar-refractivity contribution in [3.05, 3.63) is 49.3 Å². The van der Waals surface area contributed by atoms with Crippen molar-refractivity contribution in [3.8, 4) is 5.75 Å². The SMILES string of the molecule is CCC(N)C(Oc1cc(Br)ccc1F)c1ccc(Br)s1. The molecule has 0 saturated carbocycles. The van der Waals surface area contributed by atoms with Gasteiger partial charge < -0.3 is 10.5 Å². The van der Waals surface area contributed by atoms with Gasteiger partial charge in [-0.25, -0.2) is 4.39 Å². The molecule has 2 nitrogen and oxygen atoms in total. The van der Waals surface area contributed by atoms with Crippen LogP contribution in [0.15, 0.2) is 38.6 Å². The molecule has 1 heterocycles. The number of thiophene rings is 1. The monoisotopic (exact) mass is 421 g/mol. The van der Waals surface area contributed by atoms with Crippen LogP contribution in [0.2, 0.25) is 0 Å². The molecule has 2 atom stereocenters. The Morgan fingerprint density at radius 2 is 2.05 bits per heavy atom. The molecule has 1 aromatic heterocycles. The lowest BCUT2D eigenvalue weighted by molar-refractivity contribution is 0.167. The summed E-state index contributed by atoms with van der Waals surface area (Å²) in [5.41, 5.74) is 6.13. The zero-order chi connectivity index (χ0) is 14.7. The van der Waals surface area contributed by atoms with Crippen molar-refractivity contribution >= 4 is 43.2 Å². The van der Waals surface area contributed by atoms with E-state index in [1.807, 2.05) is 19.1 Å². The van der Waals surface area contributed by atoms with E-state index in [1.54, 1.807) is 23.5 Å². The molecular formula is C14H14Br2FNOS. The van der Waals surface area contributed by atoms with Crippen LogP contribution in [0.1, 0.15) is 24.3 Å². The van der Waals surface area contributed by atoms with Crippen LogP contribution in [-0.4, -0.2) is 6.04 Å². The van der Waals surface area contributed by atoms with E-state index in [0.29, 0.717) is 0 Å². The third-order valence-electron chi connectivity index (χ3n) is 2.88. The first-order chi connectivity index (χ1) is 9.51. The van der Waals surface area contributed by atoms with Gasteiger partial charge >= 0.3 is 0 Å². The summed E-state index contributed by atoms with van der Waals surface area (Å²) in [7, 11) is 0. The second-order valence-corrected chi connectivity index (χ2v) is 7.74. The lowest BCUT2D eigenvalue weighted by Gasteiger charge is -2.23. The summed E-state index contributed by atoms with van der Waals surface area (Å²) in [6.45, 7) is 1.99. The lowest BCUT2D eigenvalue weighted by atomic mass is 10.1. The van der Waals surface area contributed by atoms with Crippen LogP contribution >= 0.6 is 43.2 Å². The fourth-order valence-corrected chi connectivity index (χ4v) is 3.63. The van der Waals surface area contributed by atoms with E-state index < -0.39 is 5.82 Å². The first-order valence-electron chi connectivity index (χ1n) is 6.13. The van der Waals surface area contributed by atoms with Crippen LogP contribution in [0.4, 0.5) is 4.39 Å². The maximum Gasteiger partial charge on any atom is 0.165 e. The molecular weight excluding hydrogens is 409 g/mol. The zero-order valence-electron chi connectivity index (χ0n) is 10.8. The molecule has 2 N–H and O–H groups in total. The van der Waals surface area contributed by atoms with Gasteiger partial charge in [0.25, 0.3) is 0 Å². The molecule has 0 saturated heterocycles. The molecule has 0 fully saturated rings. The average Bonchev–Trinajstić information content (AvgIpc) is 2.85. The topological polar surface area (TPSA) is 35.2 Å². The smallest absolute Gasteiger partial charge is 0.165 e. The van der Waals surface area contributed by atoms with Gasteiger partial charge in [-0.3, -0.25) is 0 Å². The van der Waals surface area contributed by atoms with E-state index in [4.69, 9.17) is 10.5 Å². The minimum Gasteiger partial charge on any atom is -0.480 e. The fraction of sp³-hybridized carbons (Fsp3) is 0.286. The Bertz CT molecular complexity index is 590. The van der Waals surface area contributed by atoms with Gasteiger partial charge in [-0.2, -0.15) is 0 Å². The molecule has 6 heteroatoms. The number of hydrogen-bond acceptors (Lipinski definition) is 3. The van der Waals surface area contributed by atoms with E-state index in [1.165, 1.54) is 6.07 Å². The van der Waals surface area contributed by atoms with E-state index in [0.717, 1.165) is 19.6 Å². The third-order valence-corrected chi connectivity index (χ3v) is 5.06. The molecule has 0 amide bonds. The minimum atomic E-state index is -0.392. The zero-order valence-corrected chi connectivity index (χ0v) is 14.8. The lowest BCUT2D eigenvalue weighted by Crippen LogP contribution is -2.31. The maximum atomic E-state index is 13.8. The van der Waals surface area contributed by atoms with Gasteiger partial charge in [-0.1, -0.05) is 22.9 Å². The molecule has 0 radical (unpaired) electrons. The molecule has 0 spiro atoms. The Hall–Kier alpha value is -0.430. The number of nitrogens with two attached hydrogens (primary N) is 1. The Kier molecular flexibility index (Phi) is 5.60. The van der Waals surface area contributed by atoms with Gasteiger partial charge in [-0.15, -0.1) is 11.3 Å². The van der Waals surface area contributed by atoms with Crippen molar-refractivity contribution in [2.75, 3.05) is 0 Å². The molecule has 0 bridgehead atoms. The average molecular weight is 423 g/mol. The molecule has 2 aromatic rings. The molecule has 0 aliphatic rings. The van der Waals surface area contributed by atoms with Crippen LogP contribution in [0.25, 0.3) is 0 Å². The Morgan fingerprint density at radius 3 is 2.65 bits per heavy atom. The predicted molar refractivity (Wildman–Crippen MR) is 87.8 cm³/mol. The van der Waals surface area contributed by atoms with E-state index >= 15 is 0 Å². The van der Waals surface area contributed by atoms with E-state index in [9.17, 15) is 4.39 Å². The van der Waals surface area contributed by atoms with Crippen molar-refractivity contribution in [2.24, 2.45) is 5.73 Å². The van der Waals surface area contributed by atoms with Crippen LogP contribution in [-0.2, 0) is 0 Å². The van der Waals surface area contributed by atoms with Crippen molar-refractivity contribution in [3.63, 3.8) is 0 Å². The highest BCUT2D eigenvalue weighted by atomic mass is 79.9. The molecule has 2 rings (SSSR count). The summed E-state index contributed by atoms with van der Waals surface area (Å²) in [6.07, 6.45) is 0.385. The van der Waals surface area contributed by atoms with Crippen LogP contribution in [0, 0.1) is 5.82 Å². The summed E-state index contributed by atoms with van der Waals surface area (Å²) < 4.78 is 21.4. The van der Waals surface area contributed by atoms with Gasteiger partial charge in [-0.05, 0) is 52.7 Å². The van der Waals surface area contributed by atoms with Crippen LogP contribution in [0.3, 0.4) is 0 Å². The number of halogens is 3. The highest BCUT2D eigenvalue weighted by molar-refractivity contribution is 9.11. The molecule has 1 aromatic carbocycles. The minimum absolute atomic E-state index is 0.195. The second-order valence-electron chi connectivity index (χ2n) is 4.33. The Labute approximate surface area is 138 Å². The standard InChI is InChI=1S/C14H14Br2FNOS/c1-2-10(18)14(12-5-6-13(16)20-12)19-11-7-8(15)3-4-9(11)17/h3-7,10,14H,2,18H2,1H3. The molecule has 2 unspecified atom stereocenters. The van der Waals surface area contributed by atoms with Gasteiger partial charge in [0, 0.05) is 15.4 Å². The molecule has 108 valence electrons. The summed E-state index contributed by atoms with van der Waals surface area (Å²) in [5, 5.41) is 0. The highest BCUT2D eigenvalue weighted by Crippen LogP contribution is 2.34. The molecule has 0 aliphatic carbocycles. The Balaban J connectivity index is 2.30. The first kappa shape index (κ1) is 15.9. The fourth-order valence-electron chi connectivity index (χ4n) is 1.76. The van der Waals surface area contributed by atoms with Crippen molar-refractivity contribution in [2.45, 2.75) is 25.5 Å². The van der Waals surface area contributed by atoms with Gasteiger partial charge in [0.05, 0.1) is 3.79 Å². The number of rotatable bonds is 5. The third kappa shape index (κ3) is 3.81. The summed E-state index contributed by atoms with van der Waals surface area (Å²) in [5.74, 6) is -0.185. The predicted octanol–water partition coefficient (Wildman–Crippen LogP) is 5.27. The number of hydrogen-bond donors (Lipinski definition) is 1. The normalized spacial score (nSPS) is 14.1. The van der Waals surface area contributed by atoms with Gasteiger partial charge in [0.15, 0.2) is 11.6 Å². The summed E-state index contributed by atoms with van der Waals surface area (Å²) in [4.78, 5) is 0.977. The highest BCUT2D eigenvalue weighted by Gasteiger charge is 2.23. The molecule has 0 aliphatic heterocycles. The van der Waals surface area contributed by atoms with E-state index in [2.05, 4.69) is 31.9 Å². The van der Waals surface area contributed by atoms with Crippen LogP contribution in [0.5, 0.6) is 5.75 Å². The second kappa shape index (κ2) is 7.02. The Morgan fingerprint density at radius 1 is 1.30 bits per heavy atom. The number of benzene rings is 1. The van der Waals surface area contributed by atoms with Crippen molar-refractivity contribution in [1.82, 2.24) is 0 Å². The van der Waals surface area contributed by atoms with Crippen LogP contribution < -0.4 is 10.5 Å². The maximum absolute atomic E-state index is 13.8. The largest absolute Gasteiger partial charge is 0.480 e. The van der Waals surface area contributed by atoms with Gasteiger partial charge in [0.1, 0.15) is 6.10 Å². The van der Waals surface area contributed by atoms with Gasteiger partial charge in [0.2, 0.25) is 0 Å². The quantitative estimate of drug-likeness (QED) is 0.712. The molecule has 20 heavy (non-hydrogen) atoms.